The molecule has 0 radical (unpaired) electrons. The van der Waals surface area contributed by atoms with E-state index in [1.165, 1.54) is 0 Å². The maximum absolute atomic E-state index is 11.5. The standard InChI is InChI=1S/C22H31N9O6Si/c1-35-17-10-19(37-18(17)13-32)31-12-14(15-6-3-4-7-16(15)31)11-25-30-22-27-20(26-21(28-22)29-23)24-8-5-9-38(33,34)36-2/h3-4,6-7,11-12,17-19,32H,5,8-10,13,23H2,1-2H3,(H3,24,26,27,28,29,30)/q-2/t17?,18-,19-/m1/s1. The lowest BCUT2D eigenvalue weighted by atomic mass is 10.2. The van der Waals surface area contributed by atoms with Crippen molar-refractivity contribution in [1.29, 1.82) is 0 Å². The molecule has 1 aliphatic heterocycles. The second-order valence-corrected chi connectivity index (χ2v) is 10.8. The summed E-state index contributed by atoms with van der Waals surface area (Å²) in [5.41, 5.74) is 6.91. The normalized spacial score (nSPS) is 19.9. The lowest BCUT2D eigenvalue weighted by molar-refractivity contribution is -0.404. The number of rotatable bonds is 13. The zero-order chi connectivity index (χ0) is 27.1. The number of nitrogens with two attached hydrogens (primary N) is 1. The number of benzene rings is 1. The van der Waals surface area contributed by atoms with Crippen LogP contribution in [0.1, 0.15) is 24.6 Å². The Morgan fingerprint density at radius 1 is 1.24 bits per heavy atom. The molecule has 3 aromatic rings. The Hall–Kier alpha value is -3.22. The van der Waals surface area contributed by atoms with Gasteiger partial charge in [0.25, 0.3) is 0 Å². The smallest absolute Gasteiger partial charge is 0.250 e. The van der Waals surface area contributed by atoms with Gasteiger partial charge in [0.15, 0.2) is 0 Å². The summed E-state index contributed by atoms with van der Waals surface area (Å²) in [4.78, 5) is 35.5. The van der Waals surface area contributed by atoms with E-state index in [1.807, 2.05) is 35.0 Å². The molecule has 3 atom stereocenters. The van der Waals surface area contributed by atoms with E-state index in [9.17, 15) is 14.7 Å². The molecule has 0 bridgehead atoms. The monoisotopic (exact) mass is 545 g/mol. The van der Waals surface area contributed by atoms with Crippen LogP contribution in [-0.4, -0.2) is 79.2 Å². The van der Waals surface area contributed by atoms with E-state index in [1.54, 1.807) is 13.3 Å². The number of fused-ring (bicyclic) bond motifs is 1. The Labute approximate surface area is 220 Å². The molecule has 4 rings (SSSR count). The molecular formula is C22H31N9O6Si-2. The van der Waals surface area contributed by atoms with E-state index in [4.69, 9.17) is 15.3 Å². The number of hydrazone groups is 1. The topological polar surface area (TPSA) is 212 Å². The van der Waals surface area contributed by atoms with Gasteiger partial charge in [0.1, 0.15) is 12.3 Å². The number of aliphatic hydroxyl groups excluding tert-OH is 1. The summed E-state index contributed by atoms with van der Waals surface area (Å²) in [6.45, 7) is 0.172. The van der Waals surface area contributed by atoms with Crippen molar-refractivity contribution < 1.29 is 28.6 Å². The van der Waals surface area contributed by atoms with Crippen LogP contribution in [0.3, 0.4) is 0 Å². The highest BCUT2D eigenvalue weighted by atomic mass is 28.4. The number of hydrogen-bond donors (Lipinski definition) is 5. The molecule has 0 aliphatic carbocycles. The summed E-state index contributed by atoms with van der Waals surface area (Å²) < 4.78 is 18.0. The van der Waals surface area contributed by atoms with E-state index < -0.39 is 14.9 Å². The molecule has 1 unspecified atom stereocenters. The predicted octanol–water partition coefficient (Wildman–Crippen LogP) is -1.04. The molecule has 0 spiro atoms. The molecule has 15 nitrogen and oxygen atoms in total. The van der Waals surface area contributed by atoms with E-state index in [-0.39, 0.29) is 42.8 Å². The first-order chi connectivity index (χ1) is 18.4. The number of aliphatic hydroxyl groups is 1. The molecule has 38 heavy (non-hydrogen) atoms. The zero-order valence-electron chi connectivity index (χ0n) is 21.0. The van der Waals surface area contributed by atoms with Crippen molar-refractivity contribution in [2.24, 2.45) is 10.9 Å². The molecule has 2 aromatic heterocycles. The van der Waals surface area contributed by atoms with Gasteiger partial charge in [0.05, 0.1) is 24.4 Å². The van der Waals surface area contributed by atoms with Gasteiger partial charge in [-0.3, -0.25) is 5.43 Å². The Balaban J connectivity index is 1.47. The predicted molar refractivity (Wildman–Crippen MR) is 138 cm³/mol. The quantitative estimate of drug-likeness (QED) is 0.0571. The van der Waals surface area contributed by atoms with E-state index >= 15 is 0 Å². The Kier molecular flexibility index (Phi) is 9.18. The van der Waals surface area contributed by atoms with Crippen molar-refractivity contribution in [3.63, 3.8) is 0 Å². The van der Waals surface area contributed by atoms with Gasteiger partial charge in [-0.1, -0.05) is 24.2 Å². The largest absolute Gasteiger partial charge is 0.849 e. The van der Waals surface area contributed by atoms with Gasteiger partial charge in [-0.15, -0.1) is 0 Å². The van der Waals surface area contributed by atoms with E-state index in [0.717, 1.165) is 23.6 Å². The van der Waals surface area contributed by atoms with Crippen molar-refractivity contribution in [2.45, 2.75) is 37.3 Å². The number of anilines is 3. The number of aromatic nitrogens is 4. The molecule has 16 heteroatoms. The molecule has 6 N–H and O–H groups in total. The van der Waals surface area contributed by atoms with Crippen LogP contribution in [0.15, 0.2) is 35.6 Å². The minimum atomic E-state index is -4.12. The minimum absolute atomic E-state index is 0.0920. The second-order valence-electron chi connectivity index (χ2n) is 8.57. The number of methoxy groups -OCH3 is 1. The summed E-state index contributed by atoms with van der Waals surface area (Å²) in [6.07, 6.45) is 3.57. The summed E-state index contributed by atoms with van der Waals surface area (Å²) in [6, 6.07) is 7.75. The van der Waals surface area contributed by atoms with Crippen molar-refractivity contribution >= 4 is 43.8 Å². The fraction of sp³-hybridized carbons (Fsp3) is 0.455. The van der Waals surface area contributed by atoms with Crippen LogP contribution in [0.5, 0.6) is 0 Å². The number of nitrogens with one attached hydrogen (secondary N) is 3. The summed E-state index contributed by atoms with van der Waals surface area (Å²) in [5, 5.41) is 17.8. The second kappa shape index (κ2) is 12.5. The highest BCUT2D eigenvalue weighted by molar-refractivity contribution is 6.53. The highest BCUT2D eigenvalue weighted by Gasteiger charge is 2.36. The van der Waals surface area contributed by atoms with Gasteiger partial charge < -0.3 is 38.5 Å². The molecule has 0 saturated carbocycles. The fourth-order valence-corrected chi connectivity index (χ4v) is 5.01. The Morgan fingerprint density at radius 2 is 2.00 bits per heavy atom. The van der Waals surface area contributed by atoms with Gasteiger partial charge in [-0.25, -0.2) is 11.3 Å². The first-order valence-electron chi connectivity index (χ1n) is 12.0. The molecule has 3 heterocycles. The molecule has 0 amide bonds. The molecule has 1 saturated heterocycles. The van der Waals surface area contributed by atoms with E-state index in [2.05, 4.69) is 40.6 Å². The number of hydrazine groups is 1. The van der Waals surface area contributed by atoms with Crippen molar-refractivity contribution in [3.05, 3.63) is 36.0 Å². The molecular weight excluding hydrogens is 514 g/mol. The fourth-order valence-electron chi connectivity index (χ4n) is 4.19. The minimum Gasteiger partial charge on any atom is -0.849 e. The molecule has 1 aromatic carbocycles. The van der Waals surface area contributed by atoms with E-state index in [0.29, 0.717) is 19.4 Å². The van der Waals surface area contributed by atoms with Crippen LogP contribution in [0, 0.1) is 0 Å². The van der Waals surface area contributed by atoms with Gasteiger partial charge in [0, 0.05) is 44.3 Å². The summed E-state index contributed by atoms with van der Waals surface area (Å²) in [7, 11) is -1.36. The molecule has 1 fully saturated rings. The maximum Gasteiger partial charge on any atom is 0.250 e. The average molecular weight is 546 g/mol. The third-order valence-electron chi connectivity index (χ3n) is 6.13. The third kappa shape index (κ3) is 6.61. The third-order valence-corrected chi connectivity index (χ3v) is 7.72. The number of ether oxygens (including phenoxy) is 2. The number of nitrogens with zero attached hydrogens (tertiary/aromatic N) is 5. The zero-order valence-corrected chi connectivity index (χ0v) is 22.0. The van der Waals surface area contributed by atoms with Crippen molar-refractivity contribution in [1.82, 2.24) is 19.5 Å². The first kappa shape index (κ1) is 27.8. The van der Waals surface area contributed by atoms with Gasteiger partial charge in [0.2, 0.25) is 17.8 Å². The Morgan fingerprint density at radius 3 is 2.71 bits per heavy atom. The average Bonchev–Trinajstić information content (AvgIpc) is 3.52. The summed E-state index contributed by atoms with van der Waals surface area (Å²) >= 11 is 0. The lowest BCUT2D eigenvalue weighted by Crippen LogP contribution is -2.64. The van der Waals surface area contributed by atoms with Crippen molar-refractivity contribution in [2.75, 3.05) is 43.5 Å². The van der Waals surface area contributed by atoms with Crippen LogP contribution in [0.25, 0.3) is 10.9 Å². The first-order valence-corrected chi connectivity index (χ1v) is 13.9. The van der Waals surface area contributed by atoms with Crippen LogP contribution in [0.4, 0.5) is 17.8 Å². The maximum atomic E-state index is 11.5. The van der Waals surface area contributed by atoms with Gasteiger partial charge in [-0.2, -0.15) is 20.1 Å². The SMILES string of the molecule is COC1C[C@H](n2cc(C=NNc3nc(NN)nc(NCCC[Si]([O-])([O-])OC)n3)c3ccccc32)O[C@@H]1CO. The van der Waals surface area contributed by atoms with Gasteiger partial charge in [-0.05, 0) is 21.3 Å². The molecule has 1 aliphatic rings. The number of hydrogen-bond acceptors (Lipinski definition) is 14. The number of nitrogen functional groups attached to an aromatic ring is 1. The van der Waals surface area contributed by atoms with Crippen LogP contribution in [-0.2, 0) is 13.9 Å². The lowest BCUT2D eigenvalue weighted by Gasteiger charge is -2.44. The number of para-hydroxylation sites is 1. The molecule has 206 valence electrons. The van der Waals surface area contributed by atoms with Crippen LogP contribution in [0.2, 0.25) is 6.04 Å². The summed E-state index contributed by atoms with van der Waals surface area (Å²) in [5.74, 6) is 5.87. The van der Waals surface area contributed by atoms with Crippen molar-refractivity contribution in [3.8, 4) is 0 Å². The highest BCUT2D eigenvalue weighted by Crippen LogP contribution is 2.34. The van der Waals surface area contributed by atoms with Crippen LogP contribution < -0.4 is 31.6 Å². The van der Waals surface area contributed by atoms with Crippen LogP contribution >= 0.6 is 0 Å². The Bertz CT molecular complexity index is 1230. The van der Waals surface area contributed by atoms with Gasteiger partial charge >= 0.3 is 0 Å².